The van der Waals surface area contributed by atoms with Crippen LogP contribution in [0.4, 0.5) is 0 Å². The Morgan fingerprint density at radius 1 is 0.761 bits per heavy atom. The number of aryl methyl sites for hydroxylation is 6. The van der Waals surface area contributed by atoms with E-state index in [1.807, 2.05) is 0 Å². The summed E-state index contributed by atoms with van der Waals surface area (Å²) in [7, 11) is 0. The topological polar surface area (TPSA) is 0 Å². The van der Waals surface area contributed by atoms with E-state index in [9.17, 15) is 0 Å². The van der Waals surface area contributed by atoms with E-state index in [1.165, 1.54) is 127 Å². The van der Waals surface area contributed by atoms with Gasteiger partial charge in [-0.1, -0.05) is 253 Å². The summed E-state index contributed by atoms with van der Waals surface area (Å²) in [5.74, 6) is 0.732. The maximum atomic E-state index is 5.11. The van der Waals surface area contributed by atoms with Gasteiger partial charge in [-0.2, -0.15) is 0 Å². The van der Waals surface area contributed by atoms with Gasteiger partial charge in [0.05, 0.1) is 0 Å². The first-order valence-corrected chi connectivity index (χ1v) is 25.5. The van der Waals surface area contributed by atoms with E-state index in [1.54, 1.807) is 0 Å². The molecule has 0 amide bonds. The van der Waals surface area contributed by atoms with E-state index in [0.29, 0.717) is 5.92 Å². The fourth-order valence-corrected chi connectivity index (χ4v) is 11.5. The van der Waals surface area contributed by atoms with Crippen LogP contribution in [-0.2, 0) is 0 Å². The summed E-state index contributed by atoms with van der Waals surface area (Å²) in [6, 6.07) is 17.0. The first-order valence-electron chi connectivity index (χ1n) is 25.5. The summed E-state index contributed by atoms with van der Waals surface area (Å²) >= 11 is 0. The summed E-state index contributed by atoms with van der Waals surface area (Å²) in [5.41, 5.74) is 27.0. The van der Waals surface area contributed by atoms with E-state index < -0.39 is 0 Å². The highest BCUT2D eigenvalue weighted by atomic mass is 14.2. The number of rotatable bonds is 14. The van der Waals surface area contributed by atoms with Crippen molar-refractivity contribution in [3.63, 3.8) is 0 Å². The van der Waals surface area contributed by atoms with Crippen molar-refractivity contribution < 1.29 is 0 Å². The van der Waals surface area contributed by atoms with Crippen LogP contribution in [0.3, 0.4) is 0 Å². The number of hydrogen-bond acceptors (Lipinski definition) is 0. The molecule has 0 aromatic heterocycles. The molecule has 0 saturated heterocycles. The van der Waals surface area contributed by atoms with Crippen molar-refractivity contribution in [3.8, 4) is 0 Å². The molecule has 1 atom stereocenters. The van der Waals surface area contributed by atoms with Gasteiger partial charge < -0.3 is 0 Å². The van der Waals surface area contributed by atoms with Crippen LogP contribution in [0.2, 0.25) is 0 Å². The average Bonchev–Trinajstić information content (AvgIpc) is 3.25. The summed E-state index contributed by atoms with van der Waals surface area (Å²) in [4.78, 5) is 0. The van der Waals surface area contributed by atoms with Crippen LogP contribution in [0.25, 0.3) is 29.0 Å². The summed E-state index contributed by atoms with van der Waals surface area (Å²) in [6.07, 6.45) is 19.5. The molecule has 5 rings (SSSR count). The van der Waals surface area contributed by atoms with Gasteiger partial charge in [-0.25, -0.2) is 0 Å². The van der Waals surface area contributed by atoms with Crippen LogP contribution < -0.4 is 26.8 Å². The highest BCUT2D eigenvalue weighted by Crippen LogP contribution is 2.37. The van der Waals surface area contributed by atoms with Crippen LogP contribution in [0.15, 0.2) is 130 Å². The summed E-state index contributed by atoms with van der Waals surface area (Å²) < 4.78 is 0. The second-order valence-corrected chi connectivity index (χ2v) is 21.0. The molecular weight excluding hydrogens is 802 g/mol. The average molecular weight is 887 g/mol. The lowest BCUT2D eigenvalue weighted by molar-refractivity contribution is 0.821. The van der Waals surface area contributed by atoms with Gasteiger partial charge in [-0.05, 0) is 146 Å². The molecule has 4 aromatic rings. The third kappa shape index (κ3) is 11.3. The maximum absolute atomic E-state index is 5.11. The van der Waals surface area contributed by atoms with E-state index in [4.69, 9.17) is 13.2 Å². The lowest BCUT2D eigenvalue weighted by Crippen LogP contribution is -2.56. The first kappa shape index (κ1) is 52.9. The maximum Gasteiger partial charge on any atom is 0.243 e. The monoisotopic (exact) mass is 887 g/mol. The fourth-order valence-electron chi connectivity index (χ4n) is 11.5. The number of fused-ring (bicyclic) bond motifs is 1. The van der Waals surface area contributed by atoms with Crippen molar-refractivity contribution in [2.45, 2.75) is 157 Å². The molecule has 1 aliphatic rings. The Kier molecular flexibility index (Phi) is 17.7. The molecule has 4 aromatic carbocycles. The van der Waals surface area contributed by atoms with Gasteiger partial charge >= 0.3 is 0 Å². The van der Waals surface area contributed by atoms with Crippen molar-refractivity contribution in [2.24, 2.45) is 11.8 Å². The minimum absolute atomic E-state index is 0.0499. The normalized spacial score (nSPS) is 17.7. The zero-order valence-corrected chi connectivity index (χ0v) is 45.5. The Morgan fingerprint density at radius 2 is 1.33 bits per heavy atom. The quantitative estimate of drug-likeness (QED) is 0.0874. The van der Waals surface area contributed by atoms with Gasteiger partial charge in [-0.3, -0.25) is 0 Å². The number of hydrogen-bond donors (Lipinski definition) is 0. The Hall–Kier alpha value is -5.07. The number of benzene rings is 4. The Labute approximate surface area is 410 Å². The molecule has 1 aliphatic carbocycles. The summed E-state index contributed by atoms with van der Waals surface area (Å²) in [5, 5.41) is 5.03. The lowest BCUT2D eigenvalue weighted by atomic mass is 9.31. The van der Waals surface area contributed by atoms with Crippen molar-refractivity contribution in [1.82, 2.24) is 0 Å². The third-order valence-corrected chi connectivity index (χ3v) is 15.0. The van der Waals surface area contributed by atoms with E-state index in [-0.39, 0.29) is 25.3 Å². The first-order chi connectivity index (χ1) is 31.6. The Bertz CT molecular complexity index is 2800. The fraction of sp³-hybridized carbons (Fsp3) is 0.385. The van der Waals surface area contributed by atoms with Crippen molar-refractivity contribution in [3.05, 3.63) is 185 Å². The van der Waals surface area contributed by atoms with Gasteiger partial charge in [0.15, 0.2) is 0 Å². The molecule has 0 nitrogen and oxygen atoms in total. The SMILES string of the molecule is C=C(CC)/C(B(/C1=C/C/C(C(C)C)=c2/ccc3c(B(c4c(C)cc(C)cc4C)c4c(C)cc(C)cc4C)cc(C(C)C)c(c3c2=C)/C=C\C1C)/C(C)=C(C)/C=C(C)\C=C\C)=C(C)\C=C(\C)CC. The second-order valence-electron chi connectivity index (χ2n) is 21.0. The molecule has 0 saturated carbocycles. The lowest BCUT2D eigenvalue weighted by Gasteiger charge is -2.29. The minimum atomic E-state index is 0.0499. The molecule has 0 spiro atoms. The van der Waals surface area contributed by atoms with Crippen LogP contribution in [0, 0.1) is 53.4 Å². The van der Waals surface area contributed by atoms with Crippen LogP contribution in [-0.4, -0.2) is 13.4 Å². The molecule has 0 radical (unpaired) electrons. The molecule has 2 bridgehead atoms. The van der Waals surface area contributed by atoms with Crippen molar-refractivity contribution in [2.75, 3.05) is 0 Å². The molecule has 0 heterocycles. The van der Waals surface area contributed by atoms with E-state index >= 15 is 0 Å². The molecular formula is C65H84B2. The standard InChI is InChI=1S/C65H84B2/c1-22-25-42(9)33-47(14)54(21)66(63(45(12)24-3)48(15)32-41(8)23-2)60-31-30-55(39(4)5)56-28-29-58-61(38-59(40(6)7)57(27-26-46(60)13)62(58)53(56)20)67(64-49(16)34-43(10)35-50(64)17)65-51(18)36-44(11)37-52(65)19/h22,25-29,31-40,46H,12,20,23-24,30H2,1-11,13-19,21H3/b25-22+,27-26-,41-32-,42-33-,54-47+,56-55+,60-31+,63-48+. The van der Waals surface area contributed by atoms with Gasteiger partial charge in [0, 0.05) is 0 Å². The highest BCUT2D eigenvalue weighted by molar-refractivity contribution is 6.98. The minimum Gasteiger partial charge on any atom is -0.0963 e. The molecule has 67 heavy (non-hydrogen) atoms. The molecule has 0 N–H and O–H groups in total. The number of allylic oxidation sites excluding steroid dienone is 14. The molecule has 1 unspecified atom stereocenters. The second kappa shape index (κ2) is 22.4. The molecule has 350 valence electrons. The Morgan fingerprint density at radius 3 is 1.82 bits per heavy atom. The van der Waals surface area contributed by atoms with Crippen molar-refractivity contribution in [1.29, 1.82) is 0 Å². The van der Waals surface area contributed by atoms with Crippen molar-refractivity contribution >= 4 is 58.8 Å². The zero-order valence-electron chi connectivity index (χ0n) is 45.5. The van der Waals surface area contributed by atoms with Gasteiger partial charge in [-0.15, -0.1) is 0 Å². The predicted octanol–water partition coefficient (Wildman–Crippen LogP) is 15.1. The smallest absolute Gasteiger partial charge is 0.0963 e. The van der Waals surface area contributed by atoms with Crippen LogP contribution >= 0.6 is 0 Å². The third-order valence-electron chi connectivity index (χ3n) is 15.0. The van der Waals surface area contributed by atoms with Crippen LogP contribution in [0.1, 0.15) is 160 Å². The van der Waals surface area contributed by atoms with E-state index in [2.05, 4.69) is 217 Å². The largest absolute Gasteiger partial charge is 0.243 e. The summed E-state index contributed by atoms with van der Waals surface area (Å²) in [6.45, 7) is 53.8. The van der Waals surface area contributed by atoms with Gasteiger partial charge in [0.1, 0.15) is 0 Å². The molecule has 0 fully saturated rings. The zero-order chi connectivity index (χ0) is 49.8. The van der Waals surface area contributed by atoms with Gasteiger partial charge in [0.25, 0.3) is 0 Å². The molecule has 2 heteroatoms. The Balaban J connectivity index is 1.99. The highest BCUT2D eigenvalue weighted by Gasteiger charge is 2.34. The predicted molar refractivity (Wildman–Crippen MR) is 307 cm³/mol. The van der Waals surface area contributed by atoms with Crippen LogP contribution in [0.5, 0.6) is 0 Å². The van der Waals surface area contributed by atoms with Gasteiger partial charge in [0.2, 0.25) is 13.4 Å². The van der Waals surface area contributed by atoms with E-state index in [0.717, 1.165) is 24.5 Å². The molecule has 0 aliphatic heterocycles.